The van der Waals surface area contributed by atoms with Gasteiger partial charge in [-0.2, -0.15) is 5.57 Å². The minimum atomic E-state index is 0. The fraction of sp³-hybridized carbons (Fsp3) is 0.600. The average molecular weight is 142 g/mol. The minimum absolute atomic E-state index is 0. The third kappa shape index (κ3) is 2.89. The Kier molecular flexibility index (Phi) is 3.68. The smallest absolute Gasteiger partial charge is 0.249 e. The van der Waals surface area contributed by atoms with Gasteiger partial charge in [-0.15, -0.1) is 0 Å². The van der Waals surface area contributed by atoms with E-state index in [1.165, 1.54) is 11.1 Å². The first-order valence-corrected chi connectivity index (χ1v) is 3.80. The summed E-state index contributed by atoms with van der Waals surface area (Å²) in [5.41, 5.74) is 3.02. The predicted molar refractivity (Wildman–Crippen MR) is 44.6 cm³/mol. The molecule has 1 rings (SSSR count). The van der Waals surface area contributed by atoms with Crippen LogP contribution < -0.4 is 18.9 Å². The van der Waals surface area contributed by atoms with Crippen LogP contribution in [0.25, 0.3) is 0 Å². The second kappa shape index (κ2) is 3.65. The Morgan fingerprint density at radius 2 is 1.91 bits per heavy atom. The predicted octanol–water partition coefficient (Wildman–Crippen LogP) is 0.116. The number of allylic oxidation sites excluding steroid dienone is 4. The van der Waals surface area contributed by atoms with Crippen molar-refractivity contribution in [2.75, 3.05) is 0 Å². The van der Waals surface area contributed by atoms with Gasteiger partial charge in [0, 0.05) is 0 Å². The fourth-order valence-electron chi connectivity index (χ4n) is 1.08. The maximum absolute atomic E-state index is 3.37. The molecule has 0 nitrogen and oxygen atoms in total. The monoisotopic (exact) mass is 142 g/mol. The van der Waals surface area contributed by atoms with Gasteiger partial charge in [-0.25, -0.2) is 17.7 Å². The molecule has 56 valence electrons. The second-order valence-electron chi connectivity index (χ2n) is 3.98. The van der Waals surface area contributed by atoms with Gasteiger partial charge in [-0.3, -0.25) is 0 Å². The molecule has 0 saturated heterocycles. The quantitative estimate of drug-likeness (QED) is 0.333. The average Bonchev–Trinajstić information content (AvgIpc) is 2.11. The third-order valence-corrected chi connectivity index (χ3v) is 1.77. The second-order valence-corrected chi connectivity index (χ2v) is 3.98. The van der Waals surface area contributed by atoms with E-state index < -0.39 is 0 Å². The maximum atomic E-state index is 3.37. The molecular formula is C10H15Li. The molecule has 0 unspecified atom stereocenters. The molecule has 11 heavy (non-hydrogen) atoms. The van der Waals surface area contributed by atoms with Crippen molar-refractivity contribution in [2.45, 2.75) is 34.1 Å². The van der Waals surface area contributed by atoms with Crippen molar-refractivity contribution in [3.63, 3.8) is 0 Å². The Morgan fingerprint density at radius 3 is 2.09 bits per heavy atom. The molecule has 0 aliphatic heterocycles. The van der Waals surface area contributed by atoms with Crippen molar-refractivity contribution >= 4 is 0 Å². The van der Waals surface area contributed by atoms with Crippen LogP contribution in [0.3, 0.4) is 0 Å². The standard InChI is InChI=1S/C10H15.Li/c1-8-5-6-9(7-8)10(2,3)4;/h6H,5H2,1-4H3;/q-1;+1. The van der Waals surface area contributed by atoms with E-state index in [4.69, 9.17) is 0 Å². The summed E-state index contributed by atoms with van der Waals surface area (Å²) < 4.78 is 0. The molecule has 0 bridgehead atoms. The number of hydrogen-bond acceptors (Lipinski definition) is 0. The number of rotatable bonds is 0. The summed E-state index contributed by atoms with van der Waals surface area (Å²) in [6.45, 7) is 8.81. The van der Waals surface area contributed by atoms with Crippen molar-refractivity contribution in [1.29, 1.82) is 0 Å². The fourth-order valence-corrected chi connectivity index (χ4v) is 1.08. The van der Waals surface area contributed by atoms with Gasteiger partial charge in [0.05, 0.1) is 0 Å². The summed E-state index contributed by atoms with van der Waals surface area (Å²) in [6, 6.07) is 0. The molecule has 0 fully saturated rings. The molecular weight excluding hydrogens is 127 g/mol. The summed E-state index contributed by atoms with van der Waals surface area (Å²) in [5, 5.41) is 0. The van der Waals surface area contributed by atoms with Crippen molar-refractivity contribution < 1.29 is 18.9 Å². The zero-order valence-corrected chi connectivity index (χ0v) is 8.28. The van der Waals surface area contributed by atoms with E-state index in [0.29, 0.717) is 0 Å². The van der Waals surface area contributed by atoms with Gasteiger partial charge in [0.15, 0.2) is 0 Å². The summed E-state index contributed by atoms with van der Waals surface area (Å²) in [5.74, 6) is 0. The molecule has 0 aromatic carbocycles. The van der Waals surface area contributed by atoms with Gasteiger partial charge in [-0.05, 0) is 5.41 Å². The van der Waals surface area contributed by atoms with Crippen LogP contribution in [0.2, 0.25) is 0 Å². The summed E-state index contributed by atoms with van der Waals surface area (Å²) in [7, 11) is 0. The molecule has 0 spiro atoms. The topological polar surface area (TPSA) is 0 Å². The van der Waals surface area contributed by atoms with E-state index in [1.54, 1.807) is 0 Å². The van der Waals surface area contributed by atoms with Gasteiger partial charge in [0.25, 0.3) is 0 Å². The normalized spacial score (nSPS) is 17.1. The van der Waals surface area contributed by atoms with Crippen LogP contribution in [0.15, 0.2) is 17.2 Å². The van der Waals surface area contributed by atoms with Crippen LogP contribution >= 0.6 is 0 Å². The first-order valence-electron chi connectivity index (χ1n) is 3.80. The van der Waals surface area contributed by atoms with E-state index >= 15 is 0 Å². The van der Waals surface area contributed by atoms with Crippen LogP contribution in [-0.4, -0.2) is 0 Å². The van der Waals surface area contributed by atoms with Crippen LogP contribution in [0.4, 0.5) is 0 Å². The molecule has 0 atom stereocenters. The first kappa shape index (κ1) is 11.1. The molecule has 0 amide bonds. The Morgan fingerprint density at radius 1 is 1.36 bits per heavy atom. The molecule has 0 saturated carbocycles. The van der Waals surface area contributed by atoms with E-state index in [2.05, 4.69) is 39.8 Å². The largest absolute Gasteiger partial charge is 1.00 e. The van der Waals surface area contributed by atoms with Crippen molar-refractivity contribution in [1.82, 2.24) is 0 Å². The molecule has 0 aromatic rings. The molecule has 0 aromatic heterocycles. The van der Waals surface area contributed by atoms with Gasteiger partial charge >= 0.3 is 18.9 Å². The Balaban J connectivity index is 0.000001000. The summed E-state index contributed by atoms with van der Waals surface area (Å²) in [6.07, 6.45) is 6.75. The molecule has 1 heteroatoms. The van der Waals surface area contributed by atoms with E-state index in [0.717, 1.165) is 6.42 Å². The minimum Gasteiger partial charge on any atom is -0.249 e. The molecule has 0 heterocycles. The van der Waals surface area contributed by atoms with E-state index in [9.17, 15) is 0 Å². The zero-order valence-electron chi connectivity index (χ0n) is 8.28. The van der Waals surface area contributed by atoms with Crippen molar-refractivity contribution in [3.05, 3.63) is 23.3 Å². The third-order valence-electron chi connectivity index (χ3n) is 1.77. The van der Waals surface area contributed by atoms with E-state index in [-0.39, 0.29) is 24.3 Å². The van der Waals surface area contributed by atoms with Crippen LogP contribution in [0.5, 0.6) is 0 Å². The van der Waals surface area contributed by atoms with Crippen molar-refractivity contribution in [3.8, 4) is 0 Å². The Labute approximate surface area is 81.9 Å². The Hall–Kier alpha value is 0.0774. The van der Waals surface area contributed by atoms with E-state index in [1.807, 2.05) is 0 Å². The zero-order chi connectivity index (χ0) is 7.78. The Bertz CT molecular complexity index is 191. The van der Waals surface area contributed by atoms with Crippen molar-refractivity contribution in [2.24, 2.45) is 5.41 Å². The SMILES string of the molecule is CC1=[C-]C(C(C)(C)C)=CC1.[Li+]. The summed E-state index contributed by atoms with van der Waals surface area (Å²) >= 11 is 0. The number of hydrogen-bond donors (Lipinski definition) is 0. The molecule has 1 aliphatic rings. The first-order chi connectivity index (χ1) is 4.50. The molecule has 1 aliphatic carbocycles. The van der Waals surface area contributed by atoms with Gasteiger partial charge < -0.3 is 0 Å². The van der Waals surface area contributed by atoms with Crippen LogP contribution in [-0.2, 0) is 0 Å². The van der Waals surface area contributed by atoms with Crippen LogP contribution in [0.1, 0.15) is 34.1 Å². The van der Waals surface area contributed by atoms with Gasteiger partial charge in [0.1, 0.15) is 0 Å². The van der Waals surface area contributed by atoms with Gasteiger partial charge in [0.2, 0.25) is 0 Å². The van der Waals surface area contributed by atoms with Crippen LogP contribution in [0, 0.1) is 11.5 Å². The molecule has 0 N–H and O–H groups in total. The molecule has 0 radical (unpaired) electrons. The summed E-state index contributed by atoms with van der Waals surface area (Å²) in [4.78, 5) is 0. The maximum Gasteiger partial charge on any atom is 1.00 e. The van der Waals surface area contributed by atoms with Gasteiger partial charge in [-0.1, -0.05) is 34.1 Å².